The fraction of sp³-hybridized carbons (Fsp3) is 0.188. The van der Waals surface area contributed by atoms with Crippen LogP contribution in [0.15, 0.2) is 42.5 Å². The summed E-state index contributed by atoms with van der Waals surface area (Å²) in [6.45, 7) is 2.02. The zero-order valence-electron chi connectivity index (χ0n) is 11.4. The smallest absolute Gasteiger partial charge is 0.178 e. The highest BCUT2D eigenvalue weighted by Crippen LogP contribution is 2.28. The van der Waals surface area contributed by atoms with Crippen molar-refractivity contribution in [2.75, 3.05) is 0 Å². The molecule has 0 saturated carbocycles. The molecule has 0 aliphatic heterocycles. The van der Waals surface area contributed by atoms with Crippen molar-refractivity contribution >= 4 is 23.3 Å². The van der Waals surface area contributed by atoms with Gasteiger partial charge in [-0.25, -0.2) is 8.78 Å². The van der Waals surface area contributed by atoms with E-state index in [1.54, 1.807) is 4.57 Å². The number of hydrogen-bond donors (Lipinski definition) is 1. The molecule has 2 aromatic carbocycles. The van der Waals surface area contributed by atoms with Gasteiger partial charge in [-0.05, 0) is 30.3 Å². The Morgan fingerprint density at radius 1 is 1.19 bits per heavy atom. The molecule has 0 fully saturated rings. The molecule has 1 unspecified atom stereocenters. The summed E-state index contributed by atoms with van der Waals surface area (Å²) < 4.78 is 29.6. The molecule has 1 heterocycles. The van der Waals surface area contributed by atoms with Crippen molar-refractivity contribution in [1.29, 1.82) is 0 Å². The summed E-state index contributed by atoms with van der Waals surface area (Å²) in [5.41, 5.74) is 1.76. The molecule has 3 rings (SSSR count). The van der Waals surface area contributed by atoms with Crippen LogP contribution in [0.5, 0.6) is 0 Å². The average Bonchev–Trinajstić information content (AvgIpc) is 2.79. The standard InChI is InChI=1S/C16H14F2N2S/c1-2-13(10-6-4-3-5-7-10)20-14-9-11(17)8-12(18)15(14)19-16(20)21/h3-9,13H,2H2,1H3,(H,19,21). The SMILES string of the molecule is CCC(c1ccccc1)n1c(=S)[nH]c2c(F)cc(F)cc21. The summed E-state index contributed by atoms with van der Waals surface area (Å²) in [5.74, 6) is -1.23. The second-order valence-corrected chi connectivity index (χ2v) is 5.30. The largest absolute Gasteiger partial charge is 0.328 e. The monoisotopic (exact) mass is 304 g/mol. The van der Waals surface area contributed by atoms with Gasteiger partial charge in [-0.15, -0.1) is 0 Å². The van der Waals surface area contributed by atoms with Gasteiger partial charge in [0, 0.05) is 6.07 Å². The van der Waals surface area contributed by atoms with Crippen molar-refractivity contribution in [3.05, 3.63) is 64.4 Å². The molecule has 3 aromatic rings. The summed E-state index contributed by atoms with van der Waals surface area (Å²) in [7, 11) is 0. The van der Waals surface area contributed by atoms with E-state index < -0.39 is 11.6 Å². The molecule has 0 spiro atoms. The number of hydrogen-bond acceptors (Lipinski definition) is 1. The molecule has 0 aliphatic rings. The second kappa shape index (κ2) is 5.41. The molecule has 1 aromatic heterocycles. The number of nitrogens with one attached hydrogen (secondary N) is 1. The van der Waals surface area contributed by atoms with E-state index in [2.05, 4.69) is 4.98 Å². The van der Waals surface area contributed by atoms with E-state index in [0.717, 1.165) is 18.1 Å². The predicted octanol–water partition coefficient (Wildman–Crippen LogP) is 4.98. The molecule has 0 bridgehead atoms. The Morgan fingerprint density at radius 3 is 2.57 bits per heavy atom. The minimum absolute atomic E-state index is 0.0614. The van der Waals surface area contributed by atoms with E-state index in [-0.39, 0.29) is 11.6 Å². The summed E-state index contributed by atoms with van der Waals surface area (Å²) in [5, 5.41) is 0. The summed E-state index contributed by atoms with van der Waals surface area (Å²) in [6, 6.07) is 11.9. The van der Waals surface area contributed by atoms with Gasteiger partial charge in [0.15, 0.2) is 10.6 Å². The van der Waals surface area contributed by atoms with Gasteiger partial charge >= 0.3 is 0 Å². The van der Waals surface area contributed by atoms with E-state index in [1.807, 2.05) is 37.3 Å². The lowest BCUT2D eigenvalue weighted by Gasteiger charge is -2.18. The van der Waals surface area contributed by atoms with Crippen molar-refractivity contribution in [2.24, 2.45) is 0 Å². The first kappa shape index (κ1) is 13.9. The van der Waals surface area contributed by atoms with Crippen LogP contribution >= 0.6 is 12.2 Å². The first-order chi connectivity index (χ1) is 10.1. The minimum Gasteiger partial charge on any atom is -0.328 e. The van der Waals surface area contributed by atoms with Crippen LogP contribution in [0.4, 0.5) is 8.78 Å². The normalized spacial score (nSPS) is 12.7. The van der Waals surface area contributed by atoms with Crippen molar-refractivity contribution in [3.63, 3.8) is 0 Å². The molecular weight excluding hydrogens is 290 g/mol. The first-order valence-corrected chi connectivity index (χ1v) is 7.17. The molecule has 21 heavy (non-hydrogen) atoms. The molecule has 1 N–H and O–H groups in total. The Hall–Kier alpha value is -2.01. The van der Waals surface area contributed by atoms with Crippen molar-refractivity contribution in [3.8, 4) is 0 Å². The summed E-state index contributed by atoms with van der Waals surface area (Å²) in [6.07, 6.45) is 0.767. The number of nitrogens with zero attached hydrogens (tertiary/aromatic N) is 1. The zero-order valence-corrected chi connectivity index (χ0v) is 12.3. The highest BCUT2D eigenvalue weighted by molar-refractivity contribution is 7.71. The number of imidazole rings is 1. The fourth-order valence-electron chi connectivity index (χ4n) is 2.70. The number of fused-ring (bicyclic) bond motifs is 1. The topological polar surface area (TPSA) is 20.7 Å². The lowest BCUT2D eigenvalue weighted by Crippen LogP contribution is -2.09. The van der Waals surface area contributed by atoms with Crippen LogP contribution in [0, 0.1) is 16.4 Å². The Bertz CT molecular complexity index is 837. The van der Waals surface area contributed by atoms with Crippen LogP contribution in [-0.4, -0.2) is 9.55 Å². The van der Waals surface area contributed by atoms with Gasteiger partial charge in [0.2, 0.25) is 0 Å². The van der Waals surface area contributed by atoms with Gasteiger partial charge in [0.25, 0.3) is 0 Å². The lowest BCUT2D eigenvalue weighted by molar-refractivity contribution is 0.569. The van der Waals surface area contributed by atoms with Crippen LogP contribution < -0.4 is 0 Å². The van der Waals surface area contributed by atoms with Gasteiger partial charge in [0.1, 0.15) is 11.3 Å². The Kier molecular flexibility index (Phi) is 3.59. The van der Waals surface area contributed by atoms with Gasteiger partial charge < -0.3 is 9.55 Å². The van der Waals surface area contributed by atoms with Crippen molar-refractivity contribution < 1.29 is 8.78 Å². The molecule has 1 atom stereocenters. The van der Waals surface area contributed by atoms with E-state index in [0.29, 0.717) is 10.3 Å². The van der Waals surface area contributed by atoms with E-state index in [4.69, 9.17) is 12.2 Å². The van der Waals surface area contributed by atoms with Gasteiger partial charge in [-0.1, -0.05) is 37.3 Å². The summed E-state index contributed by atoms with van der Waals surface area (Å²) >= 11 is 5.32. The quantitative estimate of drug-likeness (QED) is 0.677. The van der Waals surface area contributed by atoms with Gasteiger partial charge in [0.05, 0.1) is 11.6 Å². The molecular formula is C16H14F2N2S. The Morgan fingerprint density at radius 2 is 1.90 bits per heavy atom. The maximum atomic E-state index is 13.9. The van der Waals surface area contributed by atoms with Crippen molar-refractivity contribution in [2.45, 2.75) is 19.4 Å². The van der Waals surface area contributed by atoms with Crippen LogP contribution in [-0.2, 0) is 0 Å². The molecule has 0 amide bonds. The fourth-order valence-corrected chi connectivity index (χ4v) is 3.03. The third-order valence-corrected chi connectivity index (χ3v) is 3.93. The van der Waals surface area contributed by atoms with Crippen LogP contribution in [0.25, 0.3) is 11.0 Å². The molecule has 0 aliphatic carbocycles. The summed E-state index contributed by atoms with van der Waals surface area (Å²) in [4.78, 5) is 2.84. The minimum atomic E-state index is -0.627. The zero-order chi connectivity index (χ0) is 15.0. The van der Waals surface area contributed by atoms with E-state index in [9.17, 15) is 8.78 Å². The molecule has 2 nitrogen and oxygen atoms in total. The number of halogens is 2. The Balaban J connectivity index is 2.28. The van der Waals surface area contributed by atoms with Gasteiger partial charge in [-0.2, -0.15) is 0 Å². The number of benzene rings is 2. The van der Waals surface area contributed by atoms with E-state index >= 15 is 0 Å². The number of aromatic amines is 1. The Labute approximate surface area is 126 Å². The number of H-pyrrole nitrogens is 1. The highest BCUT2D eigenvalue weighted by Gasteiger charge is 2.18. The third kappa shape index (κ3) is 2.38. The number of aromatic nitrogens is 2. The van der Waals surface area contributed by atoms with Crippen LogP contribution in [0.2, 0.25) is 0 Å². The number of rotatable bonds is 3. The highest BCUT2D eigenvalue weighted by atomic mass is 32.1. The maximum absolute atomic E-state index is 13.9. The van der Waals surface area contributed by atoms with E-state index in [1.165, 1.54) is 6.07 Å². The lowest BCUT2D eigenvalue weighted by atomic mass is 10.0. The molecule has 108 valence electrons. The first-order valence-electron chi connectivity index (χ1n) is 6.76. The maximum Gasteiger partial charge on any atom is 0.178 e. The second-order valence-electron chi connectivity index (χ2n) is 4.92. The molecule has 0 saturated heterocycles. The molecule has 0 radical (unpaired) electrons. The average molecular weight is 304 g/mol. The van der Waals surface area contributed by atoms with Crippen LogP contribution in [0.3, 0.4) is 0 Å². The molecule has 5 heteroatoms. The van der Waals surface area contributed by atoms with Crippen molar-refractivity contribution in [1.82, 2.24) is 9.55 Å². The van der Waals surface area contributed by atoms with Crippen LogP contribution in [0.1, 0.15) is 24.9 Å². The predicted molar refractivity (Wildman–Crippen MR) is 81.9 cm³/mol. The van der Waals surface area contributed by atoms with Gasteiger partial charge in [-0.3, -0.25) is 0 Å². The third-order valence-electron chi connectivity index (χ3n) is 3.63.